The highest BCUT2D eigenvalue weighted by Crippen LogP contribution is 2.00. The Morgan fingerprint density at radius 2 is 1.00 bits per heavy atom. The molecule has 0 unspecified atom stereocenters. The standard InChI is InChI=1S/C15H35N3/c1-6-17(4)13-10-11-15-18(5)14-9-7-8-12-16(2)3/h6-15H2,1-5H3. The van der Waals surface area contributed by atoms with Crippen molar-refractivity contribution >= 4 is 0 Å². The molecule has 0 aliphatic heterocycles. The van der Waals surface area contributed by atoms with E-state index >= 15 is 0 Å². The van der Waals surface area contributed by atoms with Gasteiger partial charge in [0, 0.05) is 0 Å². The normalized spacial score (nSPS) is 12.0. The molecule has 0 rings (SSSR count). The lowest BCUT2D eigenvalue weighted by Gasteiger charge is -2.18. The summed E-state index contributed by atoms with van der Waals surface area (Å²) < 4.78 is 0. The summed E-state index contributed by atoms with van der Waals surface area (Å²) in [6, 6.07) is 0. The molecule has 0 aromatic carbocycles. The molecule has 0 spiro atoms. The summed E-state index contributed by atoms with van der Waals surface area (Å²) in [6.45, 7) is 8.38. The smallest absolute Gasteiger partial charge is 0.00213 e. The summed E-state index contributed by atoms with van der Waals surface area (Å²) in [7, 11) is 8.77. The van der Waals surface area contributed by atoms with E-state index in [4.69, 9.17) is 0 Å². The lowest BCUT2D eigenvalue weighted by atomic mass is 10.2. The summed E-state index contributed by atoms with van der Waals surface area (Å²) in [5, 5.41) is 0. The molecule has 0 radical (unpaired) electrons. The van der Waals surface area contributed by atoms with Crippen LogP contribution >= 0.6 is 0 Å². The molecule has 0 atom stereocenters. The second-order valence-electron chi connectivity index (χ2n) is 5.77. The van der Waals surface area contributed by atoms with E-state index < -0.39 is 0 Å². The Labute approximate surface area is 115 Å². The first kappa shape index (κ1) is 17.9. The first-order valence-electron chi connectivity index (χ1n) is 7.58. The van der Waals surface area contributed by atoms with Crippen molar-refractivity contribution in [3.8, 4) is 0 Å². The Morgan fingerprint density at radius 1 is 0.556 bits per heavy atom. The molecule has 3 heteroatoms. The Morgan fingerprint density at radius 3 is 1.50 bits per heavy atom. The maximum absolute atomic E-state index is 2.49. The number of nitrogens with zero attached hydrogens (tertiary/aromatic N) is 3. The fourth-order valence-corrected chi connectivity index (χ4v) is 2.02. The van der Waals surface area contributed by atoms with E-state index in [1.165, 1.54) is 64.8 Å². The van der Waals surface area contributed by atoms with Crippen molar-refractivity contribution in [1.82, 2.24) is 14.7 Å². The van der Waals surface area contributed by atoms with Gasteiger partial charge in [-0.1, -0.05) is 13.3 Å². The van der Waals surface area contributed by atoms with E-state index in [0.29, 0.717) is 0 Å². The first-order valence-corrected chi connectivity index (χ1v) is 7.58. The highest BCUT2D eigenvalue weighted by molar-refractivity contribution is 4.56. The molecule has 0 N–H and O–H groups in total. The molecule has 110 valence electrons. The molecule has 0 fully saturated rings. The summed E-state index contributed by atoms with van der Waals surface area (Å²) in [5.41, 5.74) is 0. The Balaban J connectivity index is 3.24. The van der Waals surface area contributed by atoms with Crippen molar-refractivity contribution in [2.75, 3.05) is 60.9 Å². The van der Waals surface area contributed by atoms with Crippen LogP contribution in [-0.2, 0) is 0 Å². The van der Waals surface area contributed by atoms with Gasteiger partial charge in [-0.15, -0.1) is 0 Å². The minimum Gasteiger partial charge on any atom is -0.309 e. The summed E-state index contributed by atoms with van der Waals surface area (Å²) >= 11 is 0. The zero-order valence-corrected chi connectivity index (χ0v) is 13.4. The van der Waals surface area contributed by atoms with E-state index in [9.17, 15) is 0 Å². The lowest BCUT2D eigenvalue weighted by Crippen LogP contribution is -2.23. The predicted molar refractivity (Wildman–Crippen MR) is 82.3 cm³/mol. The Bertz CT molecular complexity index is 171. The molecule has 0 saturated heterocycles. The summed E-state index contributed by atoms with van der Waals surface area (Å²) in [4.78, 5) is 7.15. The topological polar surface area (TPSA) is 9.72 Å². The van der Waals surface area contributed by atoms with Crippen molar-refractivity contribution in [1.29, 1.82) is 0 Å². The molecule has 0 aliphatic carbocycles. The molecule has 3 nitrogen and oxygen atoms in total. The van der Waals surface area contributed by atoms with Gasteiger partial charge in [0.05, 0.1) is 0 Å². The number of unbranched alkanes of at least 4 members (excludes halogenated alkanes) is 3. The molecule has 0 amide bonds. The molecule has 0 aliphatic rings. The zero-order chi connectivity index (χ0) is 13.8. The third-order valence-electron chi connectivity index (χ3n) is 3.51. The van der Waals surface area contributed by atoms with Gasteiger partial charge in [0.1, 0.15) is 0 Å². The molecule has 0 aromatic rings. The molecule has 18 heavy (non-hydrogen) atoms. The van der Waals surface area contributed by atoms with Crippen LogP contribution < -0.4 is 0 Å². The fourth-order valence-electron chi connectivity index (χ4n) is 2.02. The van der Waals surface area contributed by atoms with Gasteiger partial charge in [-0.25, -0.2) is 0 Å². The molecule has 0 saturated carbocycles. The minimum atomic E-state index is 1.17. The van der Waals surface area contributed by atoms with Crippen LogP contribution in [-0.4, -0.2) is 75.6 Å². The van der Waals surface area contributed by atoms with E-state index in [1.54, 1.807) is 0 Å². The van der Waals surface area contributed by atoms with Gasteiger partial charge in [-0.05, 0) is 86.6 Å². The maximum Gasteiger partial charge on any atom is -0.00213 e. The van der Waals surface area contributed by atoms with Crippen molar-refractivity contribution in [3.63, 3.8) is 0 Å². The number of rotatable bonds is 12. The third-order valence-corrected chi connectivity index (χ3v) is 3.51. The fraction of sp³-hybridized carbons (Fsp3) is 1.00. The average molecular weight is 257 g/mol. The van der Waals surface area contributed by atoms with Gasteiger partial charge >= 0.3 is 0 Å². The first-order chi connectivity index (χ1) is 8.56. The third kappa shape index (κ3) is 12.3. The quantitative estimate of drug-likeness (QED) is 0.497. The largest absolute Gasteiger partial charge is 0.309 e. The van der Waals surface area contributed by atoms with E-state index in [1.807, 2.05) is 0 Å². The van der Waals surface area contributed by atoms with Gasteiger partial charge < -0.3 is 14.7 Å². The summed E-state index contributed by atoms with van der Waals surface area (Å²) in [6.07, 6.45) is 6.70. The lowest BCUT2D eigenvalue weighted by molar-refractivity contribution is 0.292. The van der Waals surface area contributed by atoms with Crippen LogP contribution in [0.15, 0.2) is 0 Å². The van der Waals surface area contributed by atoms with Crippen LogP contribution in [0, 0.1) is 0 Å². The summed E-state index contributed by atoms with van der Waals surface area (Å²) in [5.74, 6) is 0. The van der Waals surface area contributed by atoms with Gasteiger partial charge in [-0.3, -0.25) is 0 Å². The number of hydrogen-bond acceptors (Lipinski definition) is 3. The Hall–Kier alpha value is -0.120. The molecule has 0 bridgehead atoms. The van der Waals surface area contributed by atoms with E-state index in [2.05, 4.69) is 49.8 Å². The van der Waals surface area contributed by atoms with Crippen LogP contribution in [0.4, 0.5) is 0 Å². The van der Waals surface area contributed by atoms with Crippen LogP contribution in [0.2, 0.25) is 0 Å². The van der Waals surface area contributed by atoms with Crippen molar-refractivity contribution in [2.24, 2.45) is 0 Å². The van der Waals surface area contributed by atoms with Crippen LogP contribution in [0.25, 0.3) is 0 Å². The van der Waals surface area contributed by atoms with E-state index in [-0.39, 0.29) is 0 Å². The second kappa shape index (κ2) is 11.9. The molecular formula is C15H35N3. The monoisotopic (exact) mass is 257 g/mol. The van der Waals surface area contributed by atoms with E-state index in [0.717, 1.165) is 0 Å². The van der Waals surface area contributed by atoms with Crippen molar-refractivity contribution < 1.29 is 0 Å². The maximum atomic E-state index is 2.49. The Kier molecular flexibility index (Phi) is 11.9. The second-order valence-corrected chi connectivity index (χ2v) is 5.77. The highest BCUT2D eigenvalue weighted by atomic mass is 15.1. The SMILES string of the molecule is CCN(C)CCCCN(C)CCCCCN(C)C. The minimum absolute atomic E-state index is 1.17. The van der Waals surface area contributed by atoms with Crippen LogP contribution in [0.1, 0.15) is 39.0 Å². The van der Waals surface area contributed by atoms with Gasteiger partial charge in [0.2, 0.25) is 0 Å². The van der Waals surface area contributed by atoms with Gasteiger partial charge in [0.25, 0.3) is 0 Å². The van der Waals surface area contributed by atoms with Crippen LogP contribution in [0.5, 0.6) is 0 Å². The van der Waals surface area contributed by atoms with Gasteiger partial charge in [0.15, 0.2) is 0 Å². The van der Waals surface area contributed by atoms with Crippen molar-refractivity contribution in [2.45, 2.75) is 39.0 Å². The number of hydrogen-bond donors (Lipinski definition) is 0. The zero-order valence-electron chi connectivity index (χ0n) is 13.4. The van der Waals surface area contributed by atoms with Gasteiger partial charge in [-0.2, -0.15) is 0 Å². The molecule has 0 aromatic heterocycles. The molecular weight excluding hydrogens is 222 g/mol. The predicted octanol–water partition coefficient (Wildman–Crippen LogP) is 2.38. The molecule has 0 heterocycles. The van der Waals surface area contributed by atoms with Crippen molar-refractivity contribution in [3.05, 3.63) is 0 Å². The highest BCUT2D eigenvalue weighted by Gasteiger charge is 2.00. The average Bonchev–Trinajstić information content (AvgIpc) is 2.33. The van der Waals surface area contributed by atoms with Crippen LogP contribution in [0.3, 0.4) is 0 Å².